The van der Waals surface area contributed by atoms with E-state index in [4.69, 9.17) is 5.73 Å². The number of benzene rings is 1. The fraction of sp³-hybridized carbons (Fsp3) is 0.222. The van der Waals surface area contributed by atoms with Crippen molar-refractivity contribution in [2.45, 2.75) is 9.72 Å². The van der Waals surface area contributed by atoms with Gasteiger partial charge in [-0.05, 0) is 18.2 Å². The molecule has 0 aliphatic carbocycles. The van der Waals surface area contributed by atoms with Gasteiger partial charge in [-0.15, -0.1) is 0 Å². The molecule has 100 valence electrons. The second-order valence-corrected chi connectivity index (χ2v) is 6.42. The molecule has 1 amide bonds. The molecule has 6 nitrogen and oxygen atoms in total. The first-order valence-electron chi connectivity index (χ1n) is 4.62. The Kier molecular flexibility index (Phi) is 8.11. The summed E-state index contributed by atoms with van der Waals surface area (Å²) >= 11 is 6.22. The molecule has 10 heteroatoms. The Labute approximate surface area is 149 Å². The van der Waals surface area contributed by atoms with E-state index in [0.717, 1.165) is 6.07 Å². The molecule has 0 bridgehead atoms. The van der Waals surface area contributed by atoms with Crippen LogP contribution in [0.1, 0.15) is 0 Å². The summed E-state index contributed by atoms with van der Waals surface area (Å²) in [6.07, 6.45) is 0. The standard InChI is InChI=1S/C9H10Br2N2O4S.Na/c10-4-6(11)9(14)13-5-1-2-7(12)8(3-5)18(15,16)17;/h1-3,6H,4,12H2,(H,13,14)(H,15,16,17);/q;+1/p-1. The van der Waals surface area contributed by atoms with Crippen molar-refractivity contribution in [1.29, 1.82) is 0 Å². The van der Waals surface area contributed by atoms with Crippen LogP contribution in [0.4, 0.5) is 11.4 Å². The summed E-state index contributed by atoms with van der Waals surface area (Å²) in [5.74, 6) is -0.370. The smallest absolute Gasteiger partial charge is 0.744 e. The Morgan fingerprint density at radius 1 is 1.47 bits per heavy atom. The van der Waals surface area contributed by atoms with Gasteiger partial charge in [-0.1, -0.05) is 31.9 Å². The van der Waals surface area contributed by atoms with Crippen molar-refractivity contribution >= 4 is 59.3 Å². The molecular weight excluding hydrogens is 415 g/mol. The summed E-state index contributed by atoms with van der Waals surface area (Å²) in [7, 11) is -4.66. The van der Waals surface area contributed by atoms with Gasteiger partial charge in [0.1, 0.15) is 14.9 Å². The topological polar surface area (TPSA) is 112 Å². The van der Waals surface area contributed by atoms with E-state index in [1.165, 1.54) is 12.1 Å². The van der Waals surface area contributed by atoms with Gasteiger partial charge < -0.3 is 15.6 Å². The molecule has 0 radical (unpaired) electrons. The van der Waals surface area contributed by atoms with Gasteiger partial charge in [0.2, 0.25) is 5.91 Å². The maximum atomic E-state index is 11.5. The van der Waals surface area contributed by atoms with Crippen LogP contribution in [0.15, 0.2) is 23.1 Å². The molecule has 1 unspecified atom stereocenters. The van der Waals surface area contributed by atoms with Crippen molar-refractivity contribution in [2.24, 2.45) is 0 Å². The van der Waals surface area contributed by atoms with E-state index >= 15 is 0 Å². The Balaban J connectivity index is 0.00000324. The maximum absolute atomic E-state index is 11.5. The first kappa shape index (κ1) is 19.4. The van der Waals surface area contributed by atoms with E-state index < -0.39 is 19.8 Å². The summed E-state index contributed by atoms with van der Waals surface area (Å²) in [6, 6.07) is 3.69. The molecule has 0 heterocycles. The fourth-order valence-corrected chi connectivity index (χ4v) is 2.16. The number of carbonyl (C=O) groups is 1. The van der Waals surface area contributed by atoms with E-state index in [-0.39, 0.29) is 46.8 Å². The molecule has 1 aromatic carbocycles. The van der Waals surface area contributed by atoms with Crippen LogP contribution in [0.2, 0.25) is 0 Å². The predicted molar refractivity (Wildman–Crippen MR) is 74.0 cm³/mol. The van der Waals surface area contributed by atoms with Crippen LogP contribution in [0.5, 0.6) is 0 Å². The molecule has 19 heavy (non-hydrogen) atoms. The second-order valence-electron chi connectivity index (χ2n) is 3.32. The van der Waals surface area contributed by atoms with Crippen molar-refractivity contribution in [2.75, 3.05) is 16.4 Å². The molecule has 1 atom stereocenters. The number of carbonyl (C=O) groups excluding carboxylic acids is 1. The molecule has 0 aliphatic heterocycles. The van der Waals surface area contributed by atoms with E-state index in [9.17, 15) is 17.8 Å². The van der Waals surface area contributed by atoms with Crippen LogP contribution in [-0.2, 0) is 14.9 Å². The molecule has 0 fully saturated rings. The van der Waals surface area contributed by atoms with E-state index in [1.54, 1.807) is 0 Å². The van der Waals surface area contributed by atoms with Gasteiger partial charge >= 0.3 is 29.6 Å². The van der Waals surface area contributed by atoms with Gasteiger partial charge in [0.25, 0.3) is 0 Å². The van der Waals surface area contributed by atoms with Crippen LogP contribution < -0.4 is 40.6 Å². The minimum absolute atomic E-state index is 0. The minimum atomic E-state index is -4.66. The third kappa shape index (κ3) is 5.70. The van der Waals surface area contributed by atoms with Gasteiger partial charge in [0.05, 0.1) is 4.90 Å². The van der Waals surface area contributed by atoms with Crippen LogP contribution in [-0.4, -0.2) is 29.0 Å². The number of alkyl halides is 2. The number of anilines is 2. The molecule has 0 aromatic heterocycles. The second kappa shape index (κ2) is 7.96. The third-order valence-electron chi connectivity index (χ3n) is 1.97. The molecule has 1 rings (SSSR count). The van der Waals surface area contributed by atoms with Gasteiger partial charge in [0.15, 0.2) is 0 Å². The summed E-state index contributed by atoms with van der Waals surface area (Å²) in [5, 5.41) is 2.85. The summed E-state index contributed by atoms with van der Waals surface area (Å²) in [6.45, 7) is 0. The zero-order valence-electron chi connectivity index (χ0n) is 9.89. The monoisotopic (exact) mass is 422 g/mol. The largest absolute Gasteiger partial charge is 1.00 e. The number of halogens is 2. The van der Waals surface area contributed by atoms with Crippen LogP contribution in [0.3, 0.4) is 0 Å². The minimum Gasteiger partial charge on any atom is -0.744 e. The Hall–Kier alpha value is 0.360. The average molecular weight is 424 g/mol. The maximum Gasteiger partial charge on any atom is 1.00 e. The summed E-state index contributed by atoms with van der Waals surface area (Å²) in [5.41, 5.74) is 5.42. The van der Waals surface area contributed by atoms with Crippen LogP contribution in [0, 0.1) is 0 Å². The molecule has 0 saturated carbocycles. The van der Waals surface area contributed by atoms with Crippen LogP contribution >= 0.6 is 31.9 Å². The zero-order chi connectivity index (χ0) is 13.9. The predicted octanol–water partition coefficient (Wildman–Crippen LogP) is -1.73. The number of hydrogen-bond acceptors (Lipinski definition) is 5. The normalized spacial score (nSPS) is 12.4. The quantitative estimate of drug-likeness (QED) is 0.259. The fourth-order valence-electron chi connectivity index (χ4n) is 1.12. The summed E-state index contributed by atoms with van der Waals surface area (Å²) < 4.78 is 32.8. The van der Waals surface area contributed by atoms with E-state index in [2.05, 4.69) is 37.2 Å². The molecular formula is C9H9Br2N2NaO4S. The number of hydrogen-bond donors (Lipinski definition) is 2. The van der Waals surface area contributed by atoms with Crippen molar-refractivity contribution in [3.05, 3.63) is 18.2 Å². The number of nitrogens with two attached hydrogens (primary N) is 1. The first-order chi connectivity index (χ1) is 8.25. The van der Waals surface area contributed by atoms with Gasteiger partial charge in [-0.2, -0.15) is 0 Å². The van der Waals surface area contributed by atoms with Gasteiger partial charge in [-0.25, -0.2) is 8.42 Å². The van der Waals surface area contributed by atoms with Gasteiger partial charge in [0, 0.05) is 16.7 Å². The first-order valence-corrected chi connectivity index (χ1v) is 8.06. The number of amides is 1. The number of nitrogens with one attached hydrogen (secondary N) is 1. The summed E-state index contributed by atoms with van der Waals surface area (Å²) in [4.78, 5) is 10.5. The van der Waals surface area contributed by atoms with E-state index in [1.807, 2.05) is 0 Å². The van der Waals surface area contributed by atoms with Crippen molar-refractivity contribution in [1.82, 2.24) is 0 Å². The molecule has 0 spiro atoms. The molecule has 3 N–H and O–H groups in total. The SMILES string of the molecule is Nc1ccc(NC(=O)C(Br)CBr)cc1S(=O)(=O)[O-].[Na+]. The molecule has 0 aliphatic rings. The zero-order valence-corrected chi connectivity index (χ0v) is 15.9. The Morgan fingerprint density at radius 3 is 2.53 bits per heavy atom. The Morgan fingerprint density at radius 2 is 2.05 bits per heavy atom. The van der Waals surface area contributed by atoms with Crippen molar-refractivity contribution < 1.29 is 47.3 Å². The number of rotatable bonds is 4. The number of nitrogen functional groups attached to an aromatic ring is 1. The Bertz CT molecular complexity index is 567. The third-order valence-corrected chi connectivity index (χ3v) is 5.12. The van der Waals surface area contributed by atoms with E-state index in [0.29, 0.717) is 5.33 Å². The average Bonchev–Trinajstić information content (AvgIpc) is 2.29. The van der Waals surface area contributed by atoms with Crippen LogP contribution in [0.25, 0.3) is 0 Å². The van der Waals surface area contributed by atoms with Crippen molar-refractivity contribution in [3.63, 3.8) is 0 Å². The molecule has 1 aromatic rings. The van der Waals surface area contributed by atoms with Gasteiger partial charge in [-0.3, -0.25) is 4.79 Å². The van der Waals surface area contributed by atoms with Crippen molar-refractivity contribution in [3.8, 4) is 0 Å². The molecule has 0 saturated heterocycles.